The van der Waals surface area contributed by atoms with Gasteiger partial charge in [-0.2, -0.15) is 0 Å². The molecule has 0 N–H and O–H groups in total. The van der Waals surface area contributed by atoms with E-state index in [0.717, 1.165) is 22.8 Å². The highest BCUT2D eigenvalue weighted by molar-refractivity contribution is 6.58. The lowest BCUT2D eigenvalue weighted by Crippen LogP contribution is -2.22. The monoisotopic (exact) mass is 390 g/mol. The van der Waals surface area contributed by atoms with Crippen LogP contribution in [-0.2, 0) is 0 Å². The van der Waals surface area contributed by atoms with E-state index < -0.39 is 0 Å². The Balaban J connectivity index is 1.30. The molecule has 0 radical (unpaired) electrons. The molecular weight excluding hydrogens is 352 g/mol. The van der Waals surface area contributed by atoms with E-state index in [0.29, 0.717) is 0 Å². The zero-order valence-electron chi connectivity index (χ0n) is 16.9. The molecule has 3 rings (SSSR count). The Hall–Kier alpha value is -0.273. The summed E-state index contributed by atoms with van der Waals surface area (Å²) in [7, 11) is -0.312. The minimum atomic E-state index is -0.312. The number of benzene rings is 1. The second-order valence-corrected chi connectivity index (χ2v) is 13.1. The van der Waals surface area contributed by atoms with Crippen molar-refractivity contribution in [1.29, 1.82) is 0 Å². The predicted molar refractivity (Wildman–Crippen MR) is 119 cm³/mol. The molecular formula is C24H39ClSi. The van der Waals surface area contributed by atoms with Gasteiger partial charge in [0, 0.05) is 13.8 Å². The van der Waals surface area contributed by atoms with Gasteiger partial charge < -0.3 is 0 Å². The zero-order valence-corrected chi connectivity index (χ0v) is 18.8. The van der Waals surface area contributed by atoms with Gasteiger partial charge in [0.2, 0.25) is 0 Å². The molecule has 1 aromatic rings. The normalized spacial score (nSPS) is 29.6. The smallest absolute Gasteiger partial charge is 0.0406 e. The number of rotatable bonds is 8. The summed E-state index contributed by atoms with van der Waals surface area (Å²) in [6, 6.07) is 13.6. The molecule has 2 heteroatoms. The van der Waals surface area contributed by atoms with Gasteiger partial charge in [-0.3, -0.25) is 0 Å². The molecule has 0 spiro atoms. The number of hydrogen-bond donors (Lipinski definition) is 0. The molecule has 0 amide bonds. The molecule has 26 heavy (non-hydrogen) atoms. The van der Waals surface area contributed by atoms with Crippen LogP contribution >= 0.6 is 11.6 Å². The molecule has 0 nitrogen and oxygen atoms in total. The van der Waals surface area contributed by atoms with Gasteiger partial charge in [0.05, 0.1) is 0 Å². The van der Waals surface area contributed by atoms with Gasteiger partial charge in [-0.15, -0.1) is 0 Å². The molecule has 0 atom stereocenters. The van der Waals surface area contributed by atoms with E-state index >= 15 is 0 Å². The van der Waals surface area contributed by atoms with Crippen molar-refractivity contribution in [3.63, 3.8) is 0 Å². The second kappa shape index (κ2) is 10.9. The molecule has 1 aliphatic carbocycles. The van der Waals surface area contributed by atoms with Crippen LogP contribution in [0.1, 0.15) is 89.0 Å². The lowest BCUT2D eigenvalue weighted by atomic mass is 9.76. The van der Waals surface area contributed by atoms with Crippen LogP contribution in [0.2, 0.25) is 23.2 Å². The van der Waals surface area contributed by atoms with Crippen molar-refractivity contribution in [3.8, 4) is 0 Å². The SMILES string of the molecule is CCCCC[Si@H]1CC[C@H](CCC2CCC(c3ccc(Cl)cc3)CC2)CC1. The Bertz CT molecular complexity index is 495. The highest BCUT2D eigenvalue weighted by atomic mass is 35.5. The van der Waals surface area contributed by atoms with Gasteiger partial charge in [0.15, 0.2) is 0 Å². The van der Waals surface area contributed by atoms with Crippen LogP contribution in [0.3, 0.4) is 0 Å². The van der Waals surface area contributed by atoms with Gasteiger partial charge in [0.25, 0.3) is 0 Å². The Morgan fingerprint density at radius 3 is 2.08 bits per heavy atom. The highest BCUT2D eigenvalue weighted by Crippen LogP contribution is 2.39. The van der Waals surface area contributed by atoms with Crippen molar-refractivity contribution in [2.45, 2.75) is 102 Å². The average molecular weight is 391 g/mol. The minimum Gasteiger partial charge on any atom is -0.0843 e. The summed E-state index contributed by atoms with van der Waals surface area (Å²) in [6.45, 7) is 2.33. The fraction of sp³-hybridized carbons (Fsp3) is 0.750. The quantitative estimate of drug-likeness (QED) is 0.309. The summed E-state index contributed by atoms with van der Waals surface area (Å²) in [6.07, 6.45) is 16.3. The maximum atomic E-state index is 6.03. The molecule has 0 bridgehead atoms. The Kier molecular flexibility index (Phi) is 8.58. The lowest BCUT2D eigenvalue weighted by Gasteiger charge is -2.32. The van der Waals surface area contributed by atoms with E-state index in [9.17, 15) is 0 Å². The lowest BCUT2D eigenvalue weighted by molar-refractivity contribution is 0.280. The minimum absolute atomic E-state index is 0.312. The summed E-state index contributed by atoms with van der Waals surface area (Å²) in [5.74, 6) is 2.88. The number of hydrogen-bond acceptors (Lipinski definition) is 0. The standard InChI is InChI=1S/C24H39ClSi/c1-2-3-4-17-26-18-15-21(16-19-26)6-5-20-7-9-22(10-8-20)23-11-13-24(25)14-12-23/h11-14,20-22,26H,2-10,15-19H2,1H3/t20?,21-,22?,26-. The molecule has 2 aliphatic rings. The molecule has 1 saturated heterocycles. The summed E-state index contributed by atoms with van der Waals surface area (Å²) >= 11 is 6.03. The third-order valence-corrected chi connectivity index (χ3v) is 11.1. The summed E-state index contributed by atoms with van der Waals surface area (Å²) in [5, 5.41) is 0.866. The van der Waals surface area contributed by atoms with Crippen LogP contribution in [0.5, 0.6) is 0 Å². The van der Waals surface area contributed by atoms with E-state index in [-0.39, 0.29) is 8.80 Å². The molecule has 1 saturated carbocycles. The Morgan fingerprint density at radius 2 is 1.46 bits per heavy atom. The van der Waals surface area contributed by atoms with Crippen molar-refractivity contribution in [2.75, 3.05) is 0 Å². The van der Waals surface area contributed by atoms with E-state index in [1.165, 1.54) is 63.4 Å². The Labute approximate surface area is 168 Å². The molecule has 0 aromatic heterocycles. The van der Waals surface area contributed by atoms with Crippen LogP contribution in [0.4, 0.5) is 0 Å². The van der Waals surface area contributed by atoms with Gasteiger partial charge in [-0.1, -0.05) is 93.7 Å². The van der Waals surface area contributed by atoms with Gasteiger partial charge in [-0.05, 0) is 61.1 Å². The fourth-order valence-corrected chi connectivity index (χ4v) is 9.23. The van der Waals surface area contributed by atoms with Gasteiger partial charge in [0.1, 0.15) is 0 Å². The third-order valence-electron chi connectivity index (χ3n) is 7.35. The van der Waals surface area contributed by atoms with E-state index in [1.807, 2.05) is 0 Å². The number of unbranched alkanes of at least 4 members (excludes halogenated alkanes) is 2. The van der Waals surface area contributed by atoms with Gasteiger partial charge in [-0.25, -0.2) is 0 Å². The van der Waals surface area contributed by atoms with Crippen LogP contribution in [-0.4, -0.2) is 8.80 Å². The van der Waals surface area contributed by atoms with Crippen LogP contribution in [0, 0.1) is 11.8 Å². The molecule has 1 aliphatic heterocycles. The first kappa shape index (κ1) is 20.5. The molecule has 146 valence electrons. The Morgan fingerprint density at radius 1 is 0.846 bits per heavy atom. The van der Waals surface area contributed by atoms with Crippen molar-refractivity contribution >= 4 is 20.4 Å². The molecule has 1 aromatic carbocycles. The highest BCUT2D eigenvalue weighted by Gasteiger charge is 2.25. The van der Waals surface area contributed by atoms with Gasteiger partial charge >= 0.3 is 0 Å². The summed E-state index contributed by atoms with van der Waals surface area (Å²) in [5.41, 5.74) is 1.51. The average Bonchev–Trinajstić information content (AvgIpc) is 2.69. The van der Waals surface area contributed by atoms with Crippen LogP contribution < -0.4 is 0 Å². The van der Waals surface area contributed by atoms with Crippen LogP contribution in [0.25, 0.3) is 0 Å². The summed E-state index contributed by atoms with van der Waals surface area (Å²) < 4.78 is 0. The largest absolute Gasteiger partial charge is 0.0843 e. The maximum Gasteiger partial charge on any atom is 0.0406 e. The first-order valence-corrected chi connectivity index (χ1v) is 14.3. The van der Waals surface area contributed by atoms with E-state index in [1.54, 1.807) is 31.0 Å². The number of halogens is 1. The second-order valence-electron chi connectivity index (χ2n) is 9.23. The first-order chi connectivity index (χ1) is 12.7. The fourth-order valence-electron chi connectivity index (χ4n) is 5.48. The maximum absolute atomic E-state index is 6.03. The molecule has 1 heterocycles. The molecule has 0 unspecified atom stereocenters. The van der Waals surface area contributed by atoms with Crippen molar-refractivity contribution < 1.29 is 0 Å². The topological polar surface area (TPSA) is 0 Å². The van der Waals surface area contributed by atoms with E-state index in [4.69, 9.17) is 11.6 Å². The predicted octanol–water partition coefficient (Wildman–Crippen LogP) is 8.22. The van der Waals surface area contributed by atoms with Crippen LogP contribution in [0.15, 0.2) is 24.3 Å². The van der Waals surface area contributed by atoms with Crippen molar-refractivity contribution in [1.82, 2.24) is 0 Å². The molecule has 2 fully saturated rings. The summed E-state index contributed by atoms with van der Waals surface area (Å²) in [4.78, 5) is 0. The third kappa shape index (κ3) is 6.41. The van der Waals surface area contributed by atoms with Crippen molar-refractivity contribution in [3.05, 3.63) is 34.9 Å². The first-order valence-electron chi connectivity index (χ1n) is 11.5. The zero-order chi connectivity index (χ0) is 18.2. The van der Waals surface area contributed by atoms with Crippen molar-refractivity contribution in [2.24, 2.45) is 11.8 Å². The van der Waals surface area contributed by atoms with E-state index in [2.05, 4.69) is 31.2 Å².